The van der Waals surface area contributed by atoms with Crippen LogP contribution in [0, 0.1) is 13.8 Å². The second-order valence-electron chi connectivity index (χ2n) is 6.18. The molecule has 1 saturated heterocycles. The van der Waals surface area contributed by atoms with Gasteiger partial charge in [0.2, 0.25) is 15.9 Å². The Balaban J connectivity index is 1.73. The van der Waals surface area contributed by atoms with Crippen molar-refractivity contribution in [3.8, 4) is 5.88 Å². The fraction of sp³-hybridized carbons (Fsp3) is 0.353. The maximum absolute atomic E-state index is 13.0. The second-order valence-corrected chi connectivity index (χ2v) is 8.09. The minimum absolute atomic E-state index is 0.0242. The van der Waals surface area contributed by atoms with Crippen LogP contribution >= 0.6 is 0 Å². The molecule has 1 fully saturated rings. The van der Waals surface area contributed by atoms with Gasteiger partial charge in [0, 0.05) is 6.20 Å². The zero-order valence-corrected chi connectivity index (χ0v) is 14.9. The lowest BCUT2D eigenvalue weighted by atomic mass is 10.2. The highest BCUT2D eigenvalue weighted by atomic mass is 32.2. The van der Waals surface area contributed by atoms with Crippen LogP contribution in [-0.4, -0.2) is 36.9 Å². The maximum atomic E-state index is 13.0. The molecule has 0 bridgehead atoms. The highest BCUT2D eigenvalue weighted by Gasteiger charge is 2.41. The number of alkyl halides is 3. The second kappa shape index (κ2) is 6.55. The van der Waals surface area contributed by atoms with E-state index >= 15 is 0 Å². The predicted molar refractivity (Wildman–Crippen MR) is 88.3 cm³/mol. The lowest BCUT2D eigenvalue weighted by molar-refractivity contribution is -0.140. The van der Waals surface area contributed by atoms with Gasteiger partial charge < -0.3 is 4.74 Å². The normalized spacial score (nSPS) is 16.3. The molecular formula is C17H17F3N2O3S. The molecule has 1 aromatic heterocycles. The summed E-state index contributed by atoms with van der Waals surface area (Å²) in [6.45, 7) is 3.44. The third kappa shape index (κ3) is 3.54. The third-order valence-corrected chi connectivity index (χ3v) is 6.10. The van der Waals surface area contributed by atoms with Gasteiger partial charge in [0.15, 0.2) is 0 Å². The average molecular weight is 386 g/mol. The molecule has 1 aliphatic rings. The highest BCUT2D eigenvalue weighted by Crippen LogP contribution is 2.36. The Labute approximate surface area is 149 Å². The topological polar surface area (TPSA) is 59.5 Å². The molecule has 140 valence electrons. The van der Waals surface area contributed by atoms with E-state index in [2.05, 4.69) is 4.98 Å². The first-order valence-corrected chi connectivity index (χ1v) is 9.29. The molecule has 0 radical (unpaired) electrons. The van der Waals surface area contributed by atoms with E-state index in [0.29, 0.717) is 5.56 Å². The van der Waals surface area contributed by atoms with Gasteiger partial charge in [0.25, 0.3) is 0 Å². The van der Waals surface area contributed by atoms with Crippen molar-refractivity contribution in [2.45, 2.75) is 31.0 Å². The number of hydrogen-bond donors (Lipinski definition) is 0. The van der Waals surface area contributed by atoms with Crippen molar-refractivity contribution >= 4 is 10.0 Å². The number of halogens is 3. The first-order chi connectivity index (χ1) is 12.1. The molecule has 2 heterocycles. The lowest BCUT2D eigenvalue weighted by Gasteiger charge is -2.38. The molecule has 2 aromatic rings. The van der Waals surface area contributed by atoms with Crippen LogP contribution in [0.25, 0.3) is 0 Å². The summed E-state index contributed by atoms with van der Waals surface area (Å²) in [4.78, 5) is 3.83. The van der Waals surface area contributed by atoms with Gasteiger partial charge in [-0.15, -0.1) is 0 Å². The molecule has 5 nitrogen and oxygen atoms in total. The lowest BCUT2D eigenvalue weighted by Crippen LogP contribution is -2.56. The van der Waals surface area contributed by atoms with Gasteiger partial charge in [-0.25, -0.2) is 13.4 Å². The van der Waals surface area contributed by atoms with E-state index in [9.17, 15) is 21.6 Å². The van der Waals surface area contributed by atoms with Crippen molar-refractivity contribution in [3.05, 3.63) is 53.2 Å². The quantitative estimate of drug-likeness (QED) is 0.810. The van der Waals surface area contributed by atoms with E-state index in [0.717, 1.165) is 11.6 Å². The van der Waals surface area contributed by atoms with E-state index in [1.807, 2.05) is 6.07 Å². The van der Waals surface area contributed by atoms with Crippen LogP contribution < -0.4 is 4.74 Å². The van der Waals surface area contributed by atoms with Gasteiger partial charge in [-0.2, -0.15) is 17.5 Å². The minimum Gasteiger partial charge on any atom is -0.471 e. The largest absolute Gasteiger partial charge is 0.471 e. The van der Waals surface area contributed by atoms with E-state index < -0.39 is 33.7 Å². The summed E-state index contributed by atoms with van der Waals surface area (Å²) >= 11 is 0. The van der Waals surface area contributed by atoms with Crippen LogP contribution in [0.15, 0.2) is 41.4 Å². The summed E-state index contributed by atoms with van der Waals surface area (Å²) < 4.78 is 70.7. The van der Waals surface area contributed by atoms with Gasteiger partial charge in [-0.1, -0.05) is 12.1 Å². The highest BCUT2D eigenvalue weighted by molar-refractivity contribution is 7.89. The molecule has 3 rings (SSSR count). The smallest absolute Gasteiger partial charge is 0.421 e. The molecule has 26 heavy (non-hydrogen) atoms. The number of aryl methyl sites for hydroxylation is 2. The van der Waals surface area contributed by atoms with Gasteiger partial charge in [0.1, 0.15) is 11.7 Å². The maximum Gasteiger partial charge on any atom is 0.421 e. The number of hydrogen-bond acceptors (Lipinski definition) is 4. The van der Waals surface area contributed by atoms with Crippen molar-refractivity contribution in [2.75, 3.05) is 13.1 Å². The molecule has 0 spiro atoms. The van der Waals surface area contributed by atoms with Gasteiger partial charge in [0.05, 0.1) is 18.0 Å². The average Bonchev–Trinajstić information content (AvgIpc) is 2.52. The monoisotopic (exact) mass is 386 g/mol. The van der Waals surface area contributed by atoms with Crippen LogP contribution in [-0.2, 0) is 16.2 Å². The van der Waals surface area contributed by atoms with E-state index in [1.54, 1.807) is 26.0 Å². The molecule has 1 aliphatic heterocycles. The Morgan fingerprint density at radius 3 is 2.54 bits per heavy atom. The van der Waals surface area contributed by atoms with Crippen molar-refractivity contribution < 1.29 is 26.3 Å². The first-order valence-electron chi connectivity index (χ1n) is 7.85. The molecule has 0 amide bonds. The zero-order chi connectivity index (χ0) is 19.1. The van der Waals surface area contributed by atoms with Crippen molar-refractivity contribution in [2.24, 2.45) is 0 Å². The Morgan fingerprint density at radius 2 is 1.88 bits per heavy atom. The van der Waals surface area contributed by atoms with Gasteiger partial charge in [-0.3, -0.25) is 0 Å². The Bertz CT molecular complexity index is 923. The fourth-order valence-electron chi connectivity index (χ4n) is 2.65. The summed E-state index contributed by atoms with van der Waals surface area (Å²) in [5, 5.41) is 0. The Hall–Kier alpha value is -2.13. The van der Waals surface area contributed by atoms with Gasteiger partial charge >= 0.3 is 6.18 Å². The Morgan fingerprint density at radius 1 is 1.19 bits per heavy atom. The van der Waals surface area contributed by atoms with E-state index in [4.69, 9.17) is 4.74 Å². The number of sulfonamides is 1. The first kappa shape index (κ1) is 18.7. The molecule has 0 saturated carbocycles. The Kier molecular flexibility index (Phi) is 4.70. The van der Waals surface area contributed by atoms with Crippen LogP contribution in [0.5, 0.6) is 5.88 Å². The summed E-state index contributed by atoms with van der Waals surface area (Å²) in [7, 11) is -3.71. The number of aromatic nitrogens is 1. The van der Waals surface area contributed by atoms with Crippen molar-refractivity contribution in [1.29, 1.82) is 0 Å². The number of nitrogens with zero attached hydrogens (tertiary/aromatic N) is 2. The zero-order valence-electron chi connectivity index (χ0n) is 14.1. The molecule has 0 aliphatic carbocycles. The minimum atomic E-state index is -4.59. The van der Waals surface area contributed by atoms with E-state index in [-0.39, 0.29) is 18.0 Å². The predicted octanol–water partition coefficient (Wildman–Crippen LogP) is 3.17. The standard InChI is InChI=1S/C17H17F3N2O3S/c1-11-5-6-12(2)15(8-11)26(23,24)22-9-13(10-22)25-16-14(17(18,19)20)4-3-7-21-16/h3-8,13H,9-10H2,1-2H3. The van der Waals surface area contributed by atoms with Crippen molar-refractivity contribution in [1.82, 2.24) is 9.29 Å². The summed E-state index contributed by atoms with van der Waals surface area (Å²) in [6, 6.07) is 7.17. The van der Waals surface area contributed by atoms with Crippen LogP contribution in [0.2, 0.25) is 0 Å². The van der Waals surface area contributed by atoms with E-state index in [1.165, 1.54) is 16.6 Å². The number of pyridine rings is 1. The molecule has 0 atom stereocenters. The number of benzene rings is 1. The SMILES string of the molecule is Cc1ccc(C)c(S(=O)(=O)N2CC(Oc3ncccc3C(F)(F)F)C2)c1. The van der Waals surface area contributed by atoms with Gasteiger partial charge in [-0.05, 0) is 43.2 Å². The van der Waals surface area contributed by atoms with Crippen LogP contribution in [0.3, 0.4) is 0 Å². The molecule has 0 unspecified atom stereocenters. The summed E-state index contributed by atoms with van der Waals surface area (Å²) in [5.41, 5.74) is 0.450. The number of ether oxygens (including phenoxy) is 1. The summed E-state index contributed by atoms with van der Waals surface area (Å²) in [6.07, 6.45) is -4.06. The molecule has 0 N–H and O–H groups in total. The van der Waals surface area contributed by atoms with Crippen LogP contribution in [0.1, 0.15) is 16.7 Å². The summed E-state index contributed by atoms with van der Waals surface area (Å²) in [5.74, 6) is -0.534. The molecule has 9 heteroatoms. The molecular weight excluding hydrogens is 369 g/mol. The fourth-order valence-corrected chi connectivity index (χ4v) is 4.47. The molecule has 1 aromatic carbocycles. The number of rotatable bonds is 4. The third-order valence-electron chi connectivity index (χ3n) is 4.13. The van der Waals surface area contributed by atoms with Crippen molar-refractivity contribution in [3.63, 3.8) is 0 Å². The van der Waals surface area contributed by atoms with Crippen LogP contribution in [0.4, 0.5) is 13.2 Å².